The molecule has 0 radical (unpaired) electrons. The molecule has 4 heteroatoms. The van der Waals surface area contributed by atoms with E-state index in [-0.39, 0.29) is 17.9 Å². The van der Waals surface area contributed by atoms with Gasteiger partial charge in [-0.1, -0.05) is 34.1 Å². The van der Waals surface area contributed by atoms with E-state index in [0.717, 1.165) is 11.3 Å². The summed E-state index contributed by atoms with van der Waals surface area (Å²) in [4.78, 5) is 10.8. The summed E-state index contributed by atoms with van der Waals surface area (Å²) in [6.07, 6.45) is 3.67. The first-order valence-corrected chi connectivity index (χ1v) is 5.90. The smallest absolute Gasteiger partial charge is 0.316 e. The molecule has 86 valence electrons. The molecule has 0 spiro atoms. The van der Waals surface area contributed by atoms with Crippen molar-refractivity contribution in [3.8, 4) is 5.75 Å². The highest BCUT2D eigenvalue weighted by atomic mass is 79.9. The Morgan fingerprint density at radius 3 is 3.00 bits per heavy atom. The lowest BCUT2D eigenvalue weighted by atomic mass is 10.2. The number of ether oxygens (including phenoxy) is 2. The molecular formula is C12H13BrO3. The van der Waals surface area contributed by atoms with E-state index in [0.29, 0.717) is 0 Å². The molecule has 0 saturated carbocycles. The Kier molecular flexibility index (Phi) is 5.64. The second-order valence-electron chi connectivity index (χ2n) is 3.00. The van der Waals surface area contributed by atoms with E-state index in [9.17, 15) is 4.79 Å². The number of methoxy groups -OCH3 is 1. The van der Waals surface area contributed by atoms with Crippen LogP contribution in [0.15, 0.2) is 30.3 Å². The molecule has 0 aliphatic rings. The Labute approximate surface area is 103 Å². The zero-order valence-electron chi connectivity index (χ0n) is 8.98. The minimum Gasteiger partial charge on any atom is -0.497 e. The highest BCUT2D eigenvalue weighted by Crippen LogP contribution is 2.13. The largest absolute Gasteiger partial charge is 0.497 e. The van der Waals surface area contributed by atoms with Crippen molar-refractivity contribution in [3.05, 3.63) is 35.9 Å². The van der Waals surface area contributed by atoms with Gasteiger partial charge in [0.1, 0.15) is 17.7 Å². The fraction of sp³-hybridized carbons (Fsp3) is 0.250. The van der Waals surface area contributed by atoms with Gasteiger partial charge >= 0.3 is 5.97 Å². The standard InChI is InChI=1S/C12H13BrO3/c1-15-11-6-2-4-10(8-11)5-3-7-16-12(14)9-13/h2-6,8H,7,9H2,1H3/b5-3+. The van der Waals surface area contributed by atoms with Crippen LogP contribution < -0.4 is 4.74 Å². The molecule has 3 nitrogen and oxygen atoms in total. The molecule has 1 rings (SSSR count). The van der Waals surface area contributed by atoms with Gasteiger partial charge in [0.25, 0.3) is 0 Å². The van der Waals surface area contributed by atoms with Crippen molar-refractivity contribution < 1.29 is 14.3 Å². The second-order valence-corrected chi connectivity index (χ2v) is 3.56. The third kappa shape index (κ3) is 4.49. The van der Waals surface area contributed by atoms with Crippen molar-refractivity contribution in [2.75, 3.05) is 19.0 Å². The van der Waals surface area contributed by atoms with Crippen LogP contribution in [0.1, 0.15) is 5.56 Å². The predicted octanol–water partition coefficient (Wildman–Crippen LogP) is 2.65. The van der Waals surface area contributed by atoms with E-state index < -0.39 is 0 Å². The number of hydrogen-bond donors (Lipinski definition) is 0. The monoisotopic (exact) mass is 284 g/mol. The number of halogens is 1. The fourth-order valence-electron chi connectivity index (χ4n) is 1.11. The molecule has 16 heavy (non-hydrogen) atoms. The van der Waals surface area contributed by atoms with Crippen molar-refractivity contribution in [2.45, 2.75) is 0 Å². The van der Waals surface area contributed by atoms with Gasteiger partial charge in [-0.05, 0) is 23.8 Å². The van der Waals surface area contributed by atoms with Gasteiger partial charge in [-0.15, -0.1) is 0 Å². The van der Waals surface area contributed by atoms with Gasteiger partial charge in [0.05, 0.1) is 7.11 Å². The molecule has 0 aliphatic carbocycles. The molecule has 1 aromatic rings. The van der Waals surface area contributed by atoms with Gasteiger partial charge in [-0.3, -0.25) is 4.79 Å². The maximum atomic E-state index is 10.8. The van der Waals surface area contributed by atoms with Crippen LogP contribution in [0.25, 0.3) is 6.08 Å². The Morgan fingerprint density at radius 2 is 2.31 bits per heavy atom. The Hall–Kier alpha value is -1.29. The summed E-state index contributed by atoms with van der Waals surface area (Å²) in [6.45, 7) is 0.279. The highest BCUT2D eigenvalue weighted by molar-refractivity contribution is 9.09. The van der Waals surface area contributed by atoms with Gasteiger partial charge in [-0.25, -0.2) is 0 Å². The second kappa shape index (κ2) is 7.06. The normalized spacial score (nSPS) is 10.4. The molecule has 0 amide bonds. The summed E-state index contributed by atoms with van der Waals surface area (Å²) in [5, 5.41) is 0.222. The van der Waals surface area contributed by atoms with Crippen molar-refractivity contribution in [1.82, 2.24) is 0 Å². The molecule has 0 N–H and O–H groups in total. The molecule has 0 atom stereocenters. The molecule has 1 aromatic carbocycles. The zero-order valence-corrected chi connectivity index (χ0v) is 10.6. The quantitative estimate of drug-likeness (QED) is 0.616. The molecule has 0 heterocycles. The lowest BCUT2D eigenvalue weighted by Crippen LogP contribution is -2.04. The molecular weight excluding hydrogens is 272 g/mol. The lowest BCUT2D eigenvalue weighted by Gasteiger charge is -2.00. The van der Waals surface area contributed by atoms with Crippen LogP contribution in [0.3, 0.4) is 0 Å². The van der Waals surface area contributed by atoms with Crippen LogP contribution in [0.2, 0.25) is 0 Å². The minimum atomic E-state index is -0.268. The SMILES string of the molecule is COc1cccc(/C=C/COC(=O)CBr)c1. The van der Waals surface area contributed by atoms with E-state index in [2.05, 4.69) is 15.9 Å². The molecule has 0 bridgehead atoms. The van der Waals surface area contributed by atoms with E-state index in [1.807, 2.05) is 30.3 Å². The topological polar surface area (TPSA) is 35.5 Å². The predicted molar refractivity (Wildman–Crippen MR) is 66.8 cm³/mol. The van der Waals surface area contributed by atoms with E-state index in [1.54, 1.807) is 13.2 Å². The van der Waals surface area contributed by atoms with Gasteiger partial charge in [0, 0.05) is 0 Å². The van der Waals surface area contributed by atoms with Gasteiger partial charge in [0.15, 0.2) is 0 Å². The first-order valence-electron chi connectivity index (χ1n) is 4.78. The number of esters is 1. The zero-order chi connectivity index (χ0) is 11.8. The summed E-state index contributed by atoms with van der Waals surface area (Å²) < 4.78 is 9.96. The first-order chi connectivity index (χ1) is 7.76. The number of carbonyl (C=O) groups is 1. The van der Waals surface area contributed by atoms with Crippen molar-refractivity contribution in [1.29, 1.82) is 0 Å². The van der Waals surface area contributed by atoms with Crippen LogP contribution in [0.4, 0.5) is 0 Å². The lowest BCUT2D eigenvalue weighted by molar-refractivity contribution is -0.139. The fourth-order valence-corrected chi connectivity index (χ4v) is 1.27. The third-order valence-electron chi connectivity index (χ3n) is 1.85. The average molecular weight is 285 g/mol. The number of hydrogen-bond acceptors (Lipinski definition) is 3. The number of rotatable bonds is 5. The van der Waals surface area contributed by atoms with Gasteiger partial charge < -0.3 is 9.47 Å². The summed E-state index contributed by atoms with van der Waals surface area (Å²) in [5.41, 5.74) is 1.01. The maximum absolute atomic E-state index is 10.8. The maximum Gasteiger partial charge on any atom is 0.316 e. The Bertz CT molecular complexity index is 374. The Balaban J connectivity index is 2.46. The molecule has 0 unspecified atom stereocenters. The van der Waals surface area contributed by atoms with E-state index >= 15 is 0 Å². The third-order valence-corrected chi connectivity index (χ3v) is 2.31. The van der Waals surface area contributed by atoms with Crippen LogP contribution in [0, 0.1) is 0 Å². The van der Waals surface area contributed by atoms with Gasteiger partial charge in [0.2, 0.25) is 0 Å². The van der Waals surface area contributed by atoms with Gasteiger partial charge in [-0.2, -0.15) is 0 Å². The van der Waals surface area contributed by atoms with Crippen LogP contribution >= 0.6 is 15.9 Å². The summed E-state index contributed by atoms with van der Waals surface area (Å²) in [5.74, 6) is 0.537. The molecule has 0 fully saturated rings. The number of alkyl halides is 1. The van der Waals surface area contributed by atoms with Crippen molar-refractivity contribution in [2.24, 2.45) is 0 Å². The number of carbonyl (C=O) groups excluding carboxylic acids is 1. The molecule has 0 aromatic heterocycles. The van der Waals surface area contributed by atoms with Crippen LogP contribution in [0.5, 0.6) is 5.75 Å². The summed E-state index contributed by atoms with van der Waals surface area (Å²) >= 11 is 3.02. The van der Waals surface area contributed by atoms with Crippen molar-refractivity contribution >= 4 is 28.0 Å². The minimum absolute atomic E-state index is 0.222. The Morgan fingerprint density at radius 1 is 1.50 bits per heavy atom. The number of benzene rings is 1. The summed E-state index contributed by atoms with van der Waals surface area (Å²) in [7, 11) is 1.63. The highest BCUT2D eigenvalue weighted by Gasteiger charge is 1.95. The van der Waals surface area contributed by atoms with E-state index in [4.69, 9.17) is 9.47 Å². The first kappa shape index (κ1) is 12.8. The summed E-state index contributed by atoms with van der Waals surface area (Å²) in [6, 6.07) is 7.64. The van der Waals surface area contributed by atoms with E-state index in [1.165, 1.54) is 0 Å². The van der Waals surface area contributed by atoms with Crippen LogP contribution in [-0.4, -0.2) is 25.0 Å². The van der Waals surface area contributed by atoms with Crippen LogP contribution in [-0.2, 0) is 9.53 Å². The van der Waals surface area contributed by atoms with Crippen molar-refractivity contribution in [3.63, 3.8) is 0 Å². The molecule has 0 saturated heterocycles. The average Bonchev–Trinajstić information content (AvgIpc) is 2.34. The molecule has 0 aliphatic heterocycles.